The molecule has 0 radical (unpaired) electrons. The van der Waals surface area contributed by atoms with Gasteiger partial charge in [-0.05, 0) is 23.3 Å². The quantitative estimate of drug-likeness (QED) is 0.567. The van der Waals surface area contributed by atoms with Crippen LogP contribution in [0.25, 0.3) is 22.2 Å². The lowest BCUT2D eigenvalue weighted by molar-refractivity contribution is 0.418. The zero-order valence-electron chi connectivity index (χ0n) is 10.8. The molecule has 0 fully saturated rings. The van der Waals surface area contributed by atoms with Gasteiger partial charge in [-0.1, -0.05) is 30.3 Å². The van der Waals surface area contributed by atoms with Crippen LogP contribution < -0.4 is 10.4 Å². The van der Waals surface area contributed by atoms with E-state index in [1.807, 2.05) is 18.2 Å². The summed E-state index contributed by atoms with van der Waals surface area (Å²) in [6.45, 7) is 0. The van der Waals surface area contributed by atoms with Crippen molar-refractivity contribution in [1.29, 1.82) is 0 Å². The molecule has 19 heavy (non-hydrogen) atoms. The minimum absolute atomic E-state index is 0.125. The summed E-state index contributed by atoms with van der Waals surface area (Å²) in [5.41, 5.74) is 4.33. The molecule has 1 aromatic carbocycles. The highest BCUT2D eigenvalue weighted by Gasteiger charge is 2.07. The third-order valence-corrected chi connectivity index (χ3v) is 3.32. The first-order chi connectivity index (χ1) is 9.20. The van der Waals surface area contributed by atoms with Crippen LogP contribution in [-0.2, 0) is 7.05 Å². The Bertz CT molecular complexity index is 761. The number of nitrogens with zero attached hydrogens (tertiary/aromatic N) is 1. The third-order valence-electron chi connectivity index (χ3n) is 3.32. The number of H-pyrrole nitrogens is 1. The molecule has 0 unspecified atom stereocenters. The molecule has 4 nitrogen and oxygen atoms in total. The summed E-state index contributed by atoms with van der Waals surface area (Å²) in [7, 11) is 3.30. The Morgan fingerprint density at radius 3 is 2.16 bits per heavy atom. The van der Waals surface area contributed by atoms with E-state index < -0.39 is 0 Å². The number of aromatic amines is 1. The summed E-state index contributed by atoms with van der Waals surface area (Å²) in [6, 6.07) is 14.0. The van der Waals surface area contributed by atoms with Gasteiger partial charge in [0.1, 0.15) is 11.3 Å². The number of imidazole rings is 1. The molecule has 2 aliphatic rings. The minimum Gasteiger partial charge on any atom is -0.494 e. The average Bonchev–Trinajstić information content (AvgIpc) is 2.70. The van der Waals surface area contributed by atoms with Gasteiger partial charge in [-0.3, -0.25) is 4.57 Å². The first-order valence-corrected chi connectivity index (χ1v) is 6.03. The van der Waals surface area contributed by atoms with Crippen molar-refractivity contribution in [3.05, 3.63) is 52.9 Å². The van der Waals surface area contributed by atoms with E-state index in [-0.39, 0.29) is 5.69 Å². The monoisotopic (exact) mass is 254 g/mol. The molecule has 0 saturated heterocycles. The molecule has 0 atom stereocenters. The van der Waals surface area contributed by atoms with E-state index >= 15 is 0 Å². The standard InChI is InChI=1S/C9H10N2O2.C6H4/c1-11-8-6(10-9(11)12)4-3-5-7(8)13-2;1-2-6-4-3-5(1)6/h3-5H,1-2H3,(H,10,12);1-4H. The van der Waals surface area contributed by atoms with E-state index in [0.29, 0.717) is 5.75 Å². The van der Waals surface area contributed by atoms with Gasteiger partial charge in [0.25, 0.3) is 0 Å². The van der Waals surface area contributed by atoms with Gasteiger partial charge in [-0.15, -0.1) is 0 Å². The third kappa shape index (κ3) is 1.81. The predicted molar refractivity (Wildman–Crippen MR) is 75.5 cm³/mol. The number of hydrogen-bond donors (Lipinski definition) is 1. The topological polar surface area (TPSA) is 47.0 Å². The molecule has 4 heteroatoms. The van der Waals surface area contributed by atoms with Crippen LogP contribution in [0.1, 0.15) is 0 Å². The molecule has 96 valence electrons. The fourth-order valence-corrected chi connectivity index (χ4v) is 2.10. The summed E-state index contributed by atoms with van der Waals surface area (Å²) in [5.74, 6) is 0.707. The summed E-state index contributed by atoms with van der Waals surface area (Å²) in [4.78, 5) is 14.0. The second-order valence-corrected chi connectivity index (χ2v) is 4.42. The molecule has 0 aliphatic heterocycles. The van der Waals surface area contributed by atoms with Crippen molar-refractivity contribution < 1.29 is 4.74 Å². The Morgan fingerprint density at radius 1 is 1.05 bits per heavy atom. The lowest BCUT2D eigenvalue weighted by Gasteiger charge is -2.10. The van der Waals surface area contributed by atoms with Crippen LogP contribution in [0.3, 0.4) is 0 Å². The molecule has 2 aromatic rings. The van der Waals surface area contributed by atoms with Crippen molar-refractivity contribution in [2.75, 3.05) is 7.11 Å². The molecular weight excluding hydrogens is 240 g/mol. The zero-order chi connectivity index (χ0) is 13.4. The number of fused-ring (bicyclic) bond motifs is 2. The van der Waals surface area contributed by atoms with Gasteiger partial charge >= 0.3 is 5.69 Å². The van der Waals surface area contributed by atoms with E-state index in [0.717, 1.165) is 11.0 Å². The fourth-order valence-electron chi connectivity index (χ4n) is 2.10. The molecule has 1 aromatic heterocycles. The van der Waals surface area contributed by atoms with E-state index in [4.69, 9.17) is 4.74 Å². The second kappa shape index (κ2) is 4.31. The summed E-state index contributed by atoms with van der Waals surface area (Å²) >= 11 is 0. The molecule has 0 amide bonds. The highest BCUT2D eigenvalue weighted by molar-refractivity contribution is 5.81. The Balaban J connectivity index is 0.000000151. The first-order valence-electron chi connectivity index (χ1n) is 6.03. The highest BCUT2D eigenvalue weighted by Crippen LogP contribution is 2.29. The molecule has 0 bridgehead atoms. The number of ether oxygens (including phenoxy) is 1. The fraction of sp³-hybridized carbons (Fsp3) is 0.133. The van der Waals surface area contributed by atoms with Gasteiger partial charge in [-0.25, -0.2) is 4.79 Å². The van der Waals surface area contributed by atoms with Gasteiger partial charge < -0.3 is 9.72 Å². The SMILES string of the molecule is COc1cccc2[nH]c(=O)n(C)c12.c1cc2ccc1-2. The van der Waals surface area contributed by atoms with Crippen LogP contribution in [0.2, 0.25) is 0 Å². The number of methoxy groups -OCH3 is 1. The van der Waals surface area contributed by atoms with Crippen LogP contribution >= 0.6 is 0 Å². The molecule has 2 aliphatic carbocycles. The van der Waals surface area contributed by atoms with Gasteiger partial charge in [-0.2, -0.15) is 0 Å². The van der Waals surface area contributed by atoms with Crippen LogP contribution in [0.4, 0.5) is 0 Å². The Kier molecular flexibility index (Phi) is 2.63. The van der Waals surface area contributed by atoms with Crippen LogP contribution in [0, 0.1) is 0 Å². The van der Waals surface area contributed by atoms with Gasteiger partial charge in [0.2, 0.25) is 0 Å². The van der Waals surface area contributed by atoms with Crippen LogP contribution in [-0.4, -0.2) is 16.7 Å². The number of rotatable bonds is 1. The zero-order valence-corrected chi connectivity index (χ0v) is 10.8. The molecule has 1 heterocycles. The Morgan fingerprint density at radius 2 is 1.68 bits per heavy atom. The first kappa shape index (κ1) is 11.6. The smallest absolute Gasteiger partial charge is 0.326 e. The Hall–Kier alpha value is -2.49. The van der Waals surface area contributed by atoms with Crippen molar-refractivity contribution in [3.63, 3.8) is 0 Å². The van der Waals surface area contributed by atoms with Gasteiger partial charge in [0.15, 0.2) is 0 Å². The molecule has 4 rings (SSSR count). The summed E-state index contributed by atoms with van der Waals surface area (Å²) in [5, 5.41) is 0. The van der Waals surface area contributed by atoms with Gasteiger partial charge in [0.05, 0.1) is 12.6 Å². The van der Waals surface area contributed by atoms with E-state index in [1.165, 1.54) is 15.7 Å². The average molecular weight is 254 g/mol. The maximum Gasteiger partial charge on any atom is 0.326 e. The Labute approximate surface area is 110 Å². The van der Waals surface area contributed by atoms with E-state index in [2.05, 4.69) is 29.2 Å². The second-order valence-electron chi connectivity index (χ2n) is 4.42. The predicted octanol–water partition coefficient (Wildman–Crippen LogP) is 2.54. The van der Waals surface area contributed by atoms with Crippen molar-refractivity contribution >= 4 is 11.0 Å². The lowest BCUT2D eigenvalue weighted by Crippen LogP contribution is -2.12. The van der Waals surface area contributed by atoms with E-state index in [1.54, 1.807) is 14.2 Å². The number of para-hydroxylation sites is 1. The summed E-state index contributed by atoms with van der Waals surface area (Å²) < 4.78 is 6.68. The minimum atomic E-state index is -0.125. The van der Waals surface area contributed by atoms with E-state index in [9.17, 15) is 4.79 Å². The number of nitrogens with one attached hydrogen (secondary N) is 1. The van der Waals surface area contributed by atoms with Crippen molar-refractivity contribution in [2.24, 2.45) is 7.05 Å². The van der Waals surface area contributed by atoms with Gasteiger partial charge in [0, 0.05) is 7.05 Å². The number of benzene rings is 2. The van der Waals surface area contributed by atoms with Crippen LogP contribution in [0.15, 0.2) is 47.3 Å². The van der Waals surface area contributed by atoms with Crippen molar-refractivity contribution in [1.82, 2.24) is 9.55 Å². The van der Waals surface area contributed by atoms with Crippen molar-refractivity contribution in [3.8, 4) is 16.9 Å². The van der Waals surface area contributed by atoms with Crippen LogP contribution in [0.5, 0.6) is 5.75 Å². The molecule has 0 spiro atoms. The molecule has 0 saturated carbocycles. The number of aromatic nitrogens is 2. The number of hydrogen-bond acceptors (Lipinski definition) is 2. The molecule has 1 N–H and O–H groups in total. The largest absolute Gasteiger partial charge is 0.494 e. The lowest BCUT2D eigenvalue weighted by atomic mass is 9.95. The normalized spacial score (nSPS) is 10.8. The highest BCUT2D eigenvalue weighted by atomic mass is 16.5. The number of aryl methyl sites for hydroxylation is 1. The maximum absolute atomic E-state index is 11.3. The maximum atomic E-state index is 11.3. The molecular formula is C15H14N2O2. The van der Waals surface area contributed by atoms with Crippen molar-refractivity contribution in [2.45, 2.75) is 0 Å². The summed E-state index contributed by atoms with van der Waals surface area (Å²) in [6.07, 6.45) is 0.